The lowest BCUT2D eigenvalue weighted by atomic mass is 10.0. The zero-order valence-corrected chi connectivity index (χ0v) is 26.3. The van der Waals surface area contributed by atoms with Crippen molar-refractivity contribution < 1.29 is 18.4 Å². The molecule has 0 bridgehead atoms. The molecule has 1 aliphatic heterocycles. The second-order valence-electron chi connectivity index (χ2n) is 9.46. The Labute approximate surface area is 268 Å². The number of ether oxygens (including phenoxy) is 1. The third-order valence-electron chi connectivity index (χ3n) is 6.72. The summed E-state index contributed by atoms with van der Waals surface area (Å²) in [5.41, 5.74) is 1.67. The van der Waals surface area contributed by atoms with E-state index in [4.69, 9.17) is 60.0 Å². The number of nitrogens with zero attached hydrogens (tertiary/aromatic N) is 2. The quantitative estimate of drug-likeness (QED) is 0.171. The van der Waals surface area contributed by atoms with E-state index in [1.54, 1.807) is 80.6 Å². The minimum Gasteiger partial charge on any atom is -0.463 e. The van der Waals surface area contributed by atoms with E-state index in [9.17, 15) is 9.59 Å². The average molecular weight is 674 g/mol. The summed E-state index contributed by atoms with van der Waals surface area (Å²) in [6, 6.07) is 16.4. The number of furan rings is 2. The second kappa shape index (κ2) is 11.9. The van der Waals surface area contributed by atoms with Crippen molar-refractivity contribution in [3.63, 3.8) is 0 Å². The molecule has 0 unspecified atom stereocenters. The third-order valence-corrected chi connectivity index (χ3v) is 9.18. The van der Waals surface area contributed by atoms with Crippen molar-refractivity contribution in [2.75, 3.05) is 6.61 Å². The van der Waals surface area contributed by atoms with E-state index in [1.807, 2.05) is 0 Å². The zero-order valence-electron chi connectivity index (χ0n) is 22.5. The summed E-state index contributed by atoms with van der Waals surface area (Å²) in [7, 11) is 0. The Bertz CT molecular complexity index is 2120. The first-order valence-electron chi connectivity index (χ1n) is 12.9. The average Bonchev–Trinajstić information content (AvgIpc) is 3.71. The van der Waals surface area contributed by atoms with Gasteiger partial charge in [-0.1, -0.05) is 57.7 Å². The van der Waals surface area contributed by atoms with Crippen molar-refractivity contribution in [1.82, 2.24) is 4.57 Å². The number of thiazole rings is 1. The number of esters is 1. The van der Waals surface area contributed by atoms with Crippen LogP contribution >= 0.6 is 57.7 Å². The van der Waals surface area contributed by atoms with E-state index in [1.165, 1.54) is 15.9 Å². The van der Waals surface area contributed by atoms with Crippen LogP contribution in [0, 0.1) is 0 Å². The Balaban J connectivity index is 1.45. The number of allylic oxidation sites excluding steroid dienone is 1. The zero-order chi connectivity index (χ0) is 30.4. The van der Waals surface area contributed by atoms with Crippen molar-refractivity contribution in [2.24, 2.45) is 4.99 Å². The van der Waals surface area contributed by atoms with Crippen LogP contribution in [0.4, 0.5) is 0 Å². The van der Waals surface area contributed by atoms with Gasteiger partial charge in [0.1, 0.15) is 29.1 Å². The Morgan fingerprint density at radius 2 is 1.56 bits per heavy atom. The lowest BCUT2D eigenvalue weighted by Gasteiger charge is -2.22. The van der Waals surface area contributed by atoms with Crippen LogP contribution < -0.4 is 14.9 Å². The largest absolute Gasteiger partial charge is 0.463 e. The van der Waals surface area contributed by atoms with Crippen molar-refractivity contribution in [1.29, 1.82) is 0 Å². The van der Waals surface area contributed by atoms with Gasteiger partial charge in [0.15, 0.2) is 4.80 Å². The molecule has 6 rings (SSSR count). The van der Waals surface area contributed by atoms with Crippen LogP contribution in [-0.2, 0) is 9.53 Å². The molecule has 0 saturated heterocycles. The molecule has 218 valence electrons. The van der Waals surface area contributed by atoms with Crippen LogP contribution in [0.25, 0.3) is 28.7 Å². The molecule has 0 radical (unpaired) electrons. The molecule has 1 aliphatic rings. The molecule has 0 fully saturated rings. The molecule has 43 heavy (non-hydrogen) atoms. The standard InChI is InChI=1S/C31H20Cl4N2O5S/c1-3-40-30(39)27-15(2)36-31-37(28(27)25-11-10-24(42-25)17-5-8-20(33)22(35)13-17)29(38)26(43-31)14-18-6-9-23(41-18)16-4-7-19(32)21(34)12-16/h4-14,28H,3H2,1-2H3/b26-14-/t28-/m1/s1. The maximum atomic E-state index is 13.9. The maximum Gasteiger partial charge on any atom is 0.338 e. The fourth-order valence-corrected chi connectivity index (χ4v) is 6.35. The van der Waals surface area contributed by atoms with Gasteiger partial charge in [-0.15, -0.1) is 0 Å². The number of benzene rings is 2. The molecular formula is C31H20Cl4N2O5S. The Morgan fingerprint density at radius 1 is 0.930 bits per heavy atom. The summed E-state index contributed by atoms with van der Waals surface area (Å²) >= 11 is 25.7. The normalized spacial score (nSPS) is 15.0. The first kappa shape index (κ1) is 29.5. The minimum atomic E-state index is -0.919. The number of hydrogen-bond acceptors (Lipinski definition) is 7. The third kappa shape index (κ3) is 5.61. The van der Waals surface area contributed by atoms with Gasteiger partial charge in [0, 0.05) is 17.2 Å². The van der Waals surface area contributed by atoms with Crippen molar-refractivity contribution in [3.8, 4) is 22.6 Å². The van der Waals surface area contributed by atoms with Crippen molar-refractivity contribution in [2.45, 2.75) is 19.9 Å². The molecule has 4 heterocycles. The highest BCUT2D eigenvalue weighted by atomic mass is 35.5. The second-order valence-corrected chi connectivity index (χ2v) is 12.1. The fraction of sp³-hybridized carbons (Fsp3) is 0.129. The monoisotopic (exact) mass is 672 g/mol. The molecule has 0 saturated carbocycles. The summed E-state index contributed by atoms with van der Waals surface area (Å²) in [6.45, 7) is 3.57. The van der Waals surface area contributed by atoms with Gasteiger partial charge >= 0.3 is 5.97 Å². The number of fused-ring (bicyclic) bond motifs is 1. The van der Waals surface area contributed by atoms with Gasteiger partial charge in [-0.2, -0.15) is 0 Å². The van der Waals surface area contributed by atoms with Gasteiger partial charge in [0.2, 0.25) is 0 Å². The Kier molecular flexibility index (Phi) is 8.15. The van der Waals surface area contributed by atoms with Crippen LogP contribution in [0.3, 0.4) is 0 Å². The molecule has 0 spiro atoms. The predicted molar refractivity (Wildman–Crippen MR) is 169 cm³/mol. The van der Waals surface area contributed by atoms with Gasteiger partial charge < -0.3 is 13.6 Å². The van der Waals surface area contributed by atoms with Crippen molar-refractivity contribution >= 4 is 69.8 Å². The molecule has 0 amide bonds. The minimum absolute atomic E-state index is 0.152. The molecule has 1 atom stereocenters. The van der Waals surface area contributed by atoms with Crippen LogP contribution in [0.2, 0.25) is 20.1 Å². The summed E-state index contributed by atoms with van der Waals surface area (Å²) in [5.74, 6) is 1.25. The van der Waals surface area contributed by atoms with Crippen LogP contribution in [0.15, 0.2) is 90.6 Å². The van der Waals surface area contributed by atoms with Crippen LogP contribution in [0.1, 0.15) is 31.4 Å². The number of hydrogen-bond donors (Lipinski definition) is 0. The summed E-state index contributed by atoms with van der Waals surface area (Å²) in [5, 5.41) is 1.62. The highest BCUT2D eigenvalue weighted by molar-refractivity contribution is 7.07. The van der Waals surface area contributed by atoms with E-state index in [-0.39, 0.29) is 17.7 Å². The van der Waals surface area contributed by atoms with Gasteiger partial charge in [0.25, 0.3) is 5.56 Å². The lowest BCUT2D eigenvalue weighted by molar-refractivity contribution is -0.139. The molecule has 0 N–H and O–H groups in total. The predicted octanol–water partition coefficient (Wildman–Crippen LogP) is 7.93. The first-order valence-corrected chi connectivity index (χ1v) is 15.3. The molecular weight excluding hydrogens is 654 g/mol. The van der Waals surface area contributed by atoms with E-state index < -0.39 is 12.0 Å². The van der Waals surface area contributed by atoms with Crippen LogP contribution in [-0.4, -0.2) is 17.1 Å². The Morgan fingerprint density at radius 3 is 2.19 bits per heavy atom. The summed E-state index contributed by atoms with van der Waals surface area (Å²) in [4.78, 5) is 32.1. The lowest BCUT2D eigenvalue weighted by Crippen LogP contribution is -2.39. The summed E-state index contributed by atoms with van der Waals surface area (Å²) < 4.78 is 19.4. The van der Waals surface area contributed by atoms with E-state index in [0.717, 1.165) is 5.56 Å². The van der Waals surface area contributed by atoms with E-state index >= 15 is 0 Å². The molecule has 3 aromatic heterocycles. The van der Waals surface area contributed by atoms with Crippen LogP contribution in [0.5, 0.6) is 0 Å². The smallest absolute Gasteiger partial charge is 0.338 e. The number of rotatable bonds is 6. The molecule has 12 heteroatoms. The topological polar surface area (TPSA) is 86.9 Å². The maximum absolute atomic E-state index is 13.9. The van der Waals surface area contributed by atoms with E-state index in [0.29, 0.717) is 63.7 Å². The first-order chi connectivity index (χ1) is 20.6. The van der Waals surface area contributed by atoms with Gasteiger partial charge in [-0.3, -0.25) is 9.36 Å². The van der Waals surface area contributed by atoms with Gasteiger partial charge in [0.05, 0.1) is 42.5 Å². The highest BCUT2D eigenvalue weighted by Gasteiger charge is 2.35. The number of aromatic nitrogens is 1. The summed E-state index contributed by atoms with van der Waals surface area (Å²) in [6.07, 6.45) is 1.63. The van der Waals surface area contributed by atoms with Gasteiger partial charge in [-0.25, -0.2) is 9.79 Å². The molecule has 2 aromatic carbocycles. The molecule has 7 nitrogen and oxygen atoms in total. The fourth-order valence-electron chi connectivity index (χ4n) is 4.73. The molecule has 5 aromatic rings. The molecule has 0 aliphatic carbocycles. The highest BCUT2D eigenvalue weighted by Crippen LogP contribution is 2.36. The number of carbonyl (C=O) groups excluding carboxylic acids is 1. The Hall–Kier alpha value is -3.53. The van der Waals surface area contributed by atoms with Crippen molar-refractivity contribution in [3.05, 3.63) is 123 Å². The SMILES string of the molecule is CCOC(=O)C1=C(C)N=c2s/c(=C\c3ccc(-c4ccc(Cl)c(Cl)c4)o3)c(=O)n2[C@@H]1c1ccc(-c2ccc(Cl)c(Cl)c2)o1. The van der Waals surface area contributed by atoms with Gasteiger partial charge in [-0.05, 0) is 74.5 Å². The number of halogens is 4. The van der Waals surface area contributed by atoms with E-state index in [2.05, 4.69) is 4.99 Å². The number of carbonyl (C=O) groups is 1.